The monoisotopic (exact) mass is 399 g/mol. The molecule has 9 heteroatoms. The summed E-state index contributed by atoms with van der Waals surface area (Å²) in [5.74, 6) is 0.946. The molecule has 144 valence electrons. The Morgan fingerprint density at radius 2 is 2.04 bits per heavy atom. The van der Waals surface area contributed by atoms with Gasteiger partial charge in [0.2, 0.25) is 11.7 Å². The SMILES string of the molecule is COC(=O)c1ccc(CN2CCCN(C(=O)CSC(=S)N(C)C)CC2)o1. The maximum atomic E-state index is 12.4. The maximum absolute atomic E-state index is 12.4. The highest BCUT2D eigenvalue weighted by atomic mass is 32.2. The fraction of sp³-hybridized carbons (Fsp3) is 0.588. The fourth-order valence-electron chi connectivity index (χ4n) is 2.62. The van der Waals surface area contributed by atoms with E-state index in [4.69, 9.17) is 16.6 Å². The van der Waals surface area contributed by atoms with E-state index < -0.39 is 5.97 Å². The molecule has 0 aliphatic carbocycles. The second kappa shape index (κ2) is 9.94. The first-order valence-corrected chi connectivity index (χ1v) is 9.81. The lowest BCUT2D eigenvalue weighted by Crippen LogP contribution is -2.36. The van der Waals surface area contributed by atoms with Crippen molar-refractivity contribution >= 4 is 40.2 Å². The Morgan fingerprint density at radius 3 is 2.73 bits per heavy atom. The molecular weight excluding hydrogens is 374 g/mol. The third-order valence-corrected chi connectivity index (χ3v) is 5.78. The first kappa shape index (κ1) is 20.7. The van der Waals surface area contributed by atoms with Gasteiger partial charge in [0.15, 0.2) is 0 Å². The number of methoxy groups -OCH3 is 1. The summed E-state index contributed by atoms with van der Waals surface area (Å²) in [4.78, 5) is 29.8. The molecule has 1 saturated heterocycles. The molecule has 26 heavy (non-hydrogen) atoms. The average Bonchev–Trinajstić information content (AvgIpc) is 2.96. The highest BCUT2D eigenvalue weighted by Crippen LogP contribution is 2.14. The predicted molar refractivity (Wildman–Crippen MR) is 105 cm³/mol. The number of furan rings is 1. The Labute approximate surface area is 163 Å². The number of carbonyl (C=O) groups is 2. The van der Waals surface area contributed by atoms with Crippen LogP contribution in [0.4, 0.5) is 0 Å². The minimum atomic E-state index is -0.475. The van der Waals surface area contributed by atoms with Crippen molar-refractivity contribution in [2.75, 3.05) is 53.1 Å². The number of nitrogens with zero attached hydrogens (tertiary/aromatic N) is 3. The van der Waals surface area contributed by atoms with E-state index >= 15 is 0 Å². The Hall–Kier alpha value is -1.58. The lowest BCUT2D eigenvalue weighted by molar-refractivity contribution is -0.128. The molecule has 1 aliphatic heterocycles. The highest BCUT2D eigenvalue weighted by molar-refractivity contribution is 8.23. The second-order valence-electron chi connectivity index (χ2n) is 6.22. The van der Waals surface area contributed by atoms with Gasteiger partial charge in [-0.2, -0.15) is 0 Å². The number of hydrogen-bond donors (Lipinski definition) is 0. The number of carbonyl (C=O) groups excluding carboxylic acids is 2. The molecule has 7 nitrogen and oxygen atoms in total. The topological polar surface area (TPSA) is 66.2 Å². The summed E-state index contributed by atoms with van der Waals surface area (Å²) in [6.07, 6.45) is 0.902. The molecular formula is C17H25N3O4S2. The van der Waals surface area contributed by atoms with Crippen LogP contribution in [-0.4, -0.2) is 84.0 Å². The fourth-order valence-corrected chi connectivity index (χ4v) is 3.48. The van der Waals surface area contributed by atoms with Gasteiger partial charge in [0.05, 0.1) is 19.4 Å². The van der Waals surface area contributed by atoms with E-state index in [1.807, 2.05) is 23.9 Å². The molecule has 0 radical (unpaired) electrons. The molecule has 0 saturated carbocycles. The molecule has 0 spiro atoms. The number of esters is 1. The minimum absolute atomic E-state index is 0.118. The Kier molecular flexibility index (Phi) is 7.92. The van der Waals surface area contributed by atoms with Crippen LogP contribution in [0.15, 0.2) is 16.5 Å². The number of rotatable bonds is 5. The molecule has 0 N–H and O–H groups in total. The van der Waals surface area contributed by atoms with Gasteiger partial charge in [-0.05, 0) is 18.6 Å². The van der Waals surface area contributed by atoms with Crippen molar-refractivity contribution < 1.29 is 18.7 Å². The van der Waals surface area contributed by atoms with Crippen LogP contribution in [-0.2, 0) is 16.1 Å². The lowest BCUT2D eigenvalue weighted by atomic mass is 10.3. The van der Waals surface area contributed by atoms with Crippen molar-refractivity contribution in [2.24, 2.45) is 0 Å². The van der Waals surface area contributed by atoms with E-state index in [2.05, 4.69) is 9.64 Å². The quantitative estimate of drug-likeness (QED) is 0.547. The van der Waals surface area contributed by atoms with Crippen LogP contribution in [0.5, 0.6) is 0 Å². The summed E-state index contributed by atoms with van der Waals surface area (Å²) in [6, 6.07) is 3.42. The van der Waals surface area contributed by atoms with Gasteiger partial charge in [0.1, 0.15) is 10.1 Å². The summed E-state index contributed by atoms with van der Waals surface area (Å²) >= 11 is 6.61. The van der Waals surface area contributed by atoms with Crippen LogP contribution in [0, 0.1) is 0 Å². The van der Waals surface area contributed by atoms with E-state index in [1.54, 1.807) is 12.1 Å². The molecule has 0 unspecified atom stereocenters. The maximum Gasteiger partial charge on any atom is 0.373 e. The van der Waals surface area contributed by atoms with E-state index in [0.717, 1.165) is 31.8 Å². The van der Waals surface area contributed by atoms with Crippen LogP contribution in [0.25, 0.3) is 0 Å². The van der Waals surface area contributed by atoms with Gasteiger partial charge < -0.3 is 19.0 Å². The van der Waals surface area contributed by atoms with E-state index in [9.17, 15) is 9.59 Å². The van der Waals surface area contributed by atoms with Gasteiger partial charge in [-0.3, -0.25) is 9.69 Å². The molecule has 0 bridgehead atoms. The second-order valence-corrected chi connectivity index (χ2v) is 7.83. The van der Waals surface area contributed by atoms with Crippen LogP contribution < -0.4 is 0 Å². The van der Waals surface area contributed by atoms with E-state index in [1.165, 1.54) is 18.9 Å². The molecule has 0 aromatic carbocycles. The van der Waals surface area contributed by atoms with Crippen molar-refractivity contribution in [1.82, 2.24) is 14.7 Å². The van der Waals surface area contributed by atoms with Gasteiger partial charge in [-0.15, -0.1) is 0 Å². The number of thioether (sulfide) groups is 1. The standard InChI is InChI=1S/C17H25N3O4S2/c1-18(2)17(25)26-12-15(21)20-8-4-7-19(9-10-20)11-13-5-6-14(24-13)16(22)23-3/h5-6H,4,7-12H2,1-3H3. The molecule has 1 aromatic heterocycles. The normalized spacial score (nSPS) is 15.4. The van der Waals surface area contributed by atoms with Crippen molar-refractivity contribution in [2.45, 2.75) is 13.0 Å². The van der Waals surface area contributed by atoms with Crippen molar-refractivity contribution in [1.29, 1.82) is 0 Å². The van der Waals surface area contributed by atoms with Crippen molar-refractivity contribution in [3.63, 3.8) is 0 Å². The third kappa shape index (κ3) is 6.00. The molecule has 0 atom stereocenters. The van der Waals surface area contributed by atoms with Gasteiger partial charge in [-0.1, -0.05) is 24.0 Å². The number of amides is 1. The van der Waals surface area contributed by atoms with Crippen LogP contribution >= 0.6 is 24.0 Å². The van der Waals surface area contributed by atoms with Gasteiger partial charge in [0.25, 0.3) is 0 Å². The molecule has 2 heterocycles. The molecule has 2 rings (SSSR count). The first-order valence-electron chi connectivity index (χ1n) is 8.42. The number of thiocarbonyl (C=S) groups is 1. The van der Waals surface area contributed by atoms with E-state index in [0.29, 0.717) is 23.2 Å². The van der Waals surface area contributed by atoms with Crippen molar-refractivity contribution in [3.8, 4) is 0 Å². The summed E-state index contributed by atoms with van der Waals surface area (Å²) < 4.78 is 10.9. The smallest absolute Gasteiger partial charge is 0.373 e. The van der Waals surface area contributed by atoms with E-state index in [-0.39, 0.29) is 11.7 Å². The lowest BCUT2D eigenvalue weighted by Gasteiger charge is -2.22. The Bertz CT molecular complexity index is 648. The molecule has 1 fully saturated rings. The van der Waals surface area contributed by atoms with Crippen LogP contribution in [0.1, 0.15) is 22.7 Å². The van der Waals surface area contributed by atoms with Crippen LogP contribution in [0.3, 0.4) is 0 Å². The summed E-state index contributed by atoms with van der Waals surface area (Å²) in [6.45, 7) is 3.68. The largest absolute Gasteiger partial charge is 0.463 e. The van der Waals surface area contributed by atoms with Gasteiger partial charge in [-0.25, -0.2) is 4.79 Å². The Morgan fingerprint density at radius 1 is 1.27 bits per heavy atom. The zero-order valence-corrected chi connectivity index (χ0v) is 17.0. The summed E-state index contributed by atoms with van der Waals surface area (Å²) in [5, 5.41) is 0. The molecule has 1 amide bonds. The summed E-state index contributed by atoms with van der Waals surface area (Å²) in [7, 11) is 5.09. The summed E-state index contributed by atoms with van der Waals surface area (Å²) in [5.41, 5.74) is 0. The number of hydrogen-bond acceptors (Lipinski definition) is 7. The van der Waals surface area contributed by atoms with Gasteiger partial charge >= 0.3 is 5.97 Å². The third-order valence-electron chi connectivity index (χ3n) is 4.05. The molecule has 1 aliphatic rings. The average molecular weight is 400 g/mol. The van der Waals surface area contributed by atoms with Gasteiger partial charge in [0, 0.05) is 40.3 Å². The zero-order chi connectivity index (χ0) is 19.1. The Balaban J connectivity index is 1.82. The zero-order valence-electron chi connectivity index (χ0n) is 15.4. The van der Waals surface area contributed by atoms with Crippen LogP contribution in [0.2, 0.25) is 0 Å². The number of ether oxygens (including phenoxy) is 1. The first-order chi connectivity index (χ1) is 12.4. The molecule has 1 aromatic rings. The predicted octanol–water partition coefficient (Wildman–Crippen LogP) is 1.68. The minimum Gasteiger partial charge on any atom is -0.463 e. The highest BCUT2D eigenvalue weighted by Gasteiger charge is 2.21. The van der Waals surface area contributed by atoms with Crippen molar-refractivity contribution in [3.05, 3.63) is 23.7 Å².